The van der Waals surface area contributed by atoms with Crippen LogP contribution in [0.15, 0.2) is 47.5 Å². The van der Waals surface area contributed by atoms with Crippen LogP contribution in [0.2, 0.25) is 0 Å². The Labute approximate surface area is 209 Å². The molecule has 0 bridgehead atoms. The van der Waals surface area contributed by atoms with Crippen molar-refractivity contribution in [1.29, 1.82) is 0 Å². The Bertz CT molecular complexity index is 1330. The quantitative estimate of drug-likeness (QED) is 0.502. The summed E-state index contributed by atoms with van der Waals surface area (Å²) in [5, 5.41) is 12.1. The monoisotopic (exact) mass is 494 g/mol. The van der Waals surface area contributed by atoms with Crippen LogP contribution in [0, 0.1) is 25.6 Å². The second-order valence-electron chi connectivity index (χ2n) is 10.2. The summed E-state index contributed by atoms with van der Waals surface area (Å²) >= 11 is 0. The molecule has 0 spiro atoms. The number of hydrogen-bond acceptors (Lipinski definition) is 6. The van der Waals surface area contributed by atoms with E-state index in [1.165, 1.54) is 29.0 Å². The number of nitrogens with one attached hydrogen (secondary N) is 1. The third-order valence-electron chi connectivity index (χ3n) is 6.10. The number of halogens is 1. The molecule has 1 fully saturated rings. The minimum absolute atomic E-state index is 0.0857. The first-order chi connectivity index (χ1) is 16.9. The summed E-state index contributed by atoms with van der Waals surface area (Å²) in [7, 11) is 0. The Morgan fingerprint density at radius 2 is 1.86 bits per heavy atom. The standard InChI is InChI=1S/C27H31FN4O4/c1-16-10-20(11-17(2)21(16)15-31-13-18(14-31)26(34)35)32-9-8-29-24(25(32)33)30-22-7-6-19(28)12-23(22)36-27(3,4)5/h6-12,18H,13-15H2,1-5H3,(H,29,30)(H,34,35). The van der Waals surface area contributed by atoms with Crippen molar-refractivity contribution >= 4 is 17.5 Å². The molecule has 0 unspecified atom stereocenters. The summed E-state index contributed by atoms with van der Waals surface area (Å²) in [6, 6.07) is 7.96. The molecule has 2 heterocycles. The highest BCUT2D eigenvalue weighted by Gasteiger charge is 2.32. The van der Waals surface area contributed by atoms with Crippen LogP contribution in [-0.2, 0) is 11.3 Å². The number of carboxylic acids is 1. The number of aryl methyl sites for hydroxylation is 2. The summed E-state index contributed by atoms with van der Waals surface area (Å²) in [5.74, 6) is -1.13. The van der Waals surface area contributed by atoms with Gasteiger partial charge in [0.2, 0.25) is 0 Å². The van der Waals surface area contributed by atoms with Gasteiger partial charge in [-0.3, -0.25) is 19.1 Å². The molecule has 0 radical (unpaired) electrons. The molecule has 0 atom stereocenters. The Balaban J connectivity index is 1.60. The summed E-state index contributed by atoms with van der Waals surface area (Å²) < 4.78 is 21.3. The van der Waals surface area contributed by atoms with E-state index < -0.39 is 17.4 Å². The van der Waals surface area contributed by atoms with Gasteiger partial charge in [0.15, 0.2) is 5.82 Å². The molecule has 8 nitrogen and oxygen atoms in total. The molecule has 0 saturated carbocycles. The van der Waals surface area contributed by atoms with Gasteiger partial charge in [-0.1, -0.05) is 0 Å². The van der Waals surface area contributed by atoms with Gasteiger partial charge in [-0.2, -0.15) is 0 Å². The fourth-order valence-electron chi connectivity index (χ4n) is 4.28. The number of benzene rings is 2. The van der Waals surface area contributed by atoms with E-state index in [4.69, 9.17) is 9.84 Å². The van der Waals surface area contributed by atoms with Crippen LogP contribution in [0.3, 0.4) is 0 Å². The molecule has 9 heteroatoms. The highest BCUT2D eigenvalue weighted by molar-refractivity contribution is 5.71. The number of carbonyl (C=O) groups is 1. The van der Waals surface area contributed by atoms with E-state index in [-0.39, 0.29) is 23.0 Å². The van der Waals surface area contributed by atoms with Crippen LogP contribution in [0.5, 0.6) is 5.75 Å². The molecular weight excluding hydrogens is 463 g/mol. The molecule has 0 amide bonds. The van der Waals surface area contributed by atoms with Crippen LogP contribution in [-0.4, -0.2) is 44.2 Å². The zero-order valence-corrected chi connectivity index (χ0v) is 21.1. The van der Waals surface area contributed by atoms with Crippen molar-refractivity contribution in [3.8, 4) is 11.4 Å². The molecule has 190 valence electrons. The fraction of sp³-hybridized carbons (Fsp3) is 0.370. The average Bonchev–Trinajstić information content (AvgIpc) is 2.73. The van der Waals surface area contributed by atoms with Crippen molar-refractivity contribution in [3.63, 3.8) is 0 Å². The van der Waals surface area contributed by atoms with Gasteiger partial charge in [0.1, 0.15) is 17.2 Å². The van der Waals surface area contributed by atoms with Crippen LogP contribution in [0.4, 0.5) is 15.9 Å². The number of aromatic nitrogens is 2. The number of carboxylic acid groups (broad SMARTS) is 1. The number of anilines is 2. The van der Waals surface area contributed by atoms with Gasteiger partial charge < -0.3 is 15.2 Å². The van der Waals surface area contributed by atoms with E-state index in [0.29, 0.717) is 31.0 Å². The first-order valence-corrected chi connectivity index (χ1v) is 11.8. The van der Waals surface area contributed by atoms with Crippen molar-refractivity contribution in [3.05, 3.63) is 75.6 Å². The number of likely N-dealkylation sites (tertiary alicyclic amines) is 1. The first kappa shape index (κ1) is 25.4. The zero-order chi connectivity index (χ0) is 26.2. The Morgan fingerprint density at radius 1 is 1.19 bits per heavy atom. The molecule has 36 heavy (non-hydrogen) atoms. The molecule has 2 N–H and O–H groups in total. The van der Waals surface area contributed by atoms with E-state index >= 15 is 0 Å². The molecule has 1 aromatic heterocycles. The zero-order valence-electron chi connectivity index (χ0n) is 21.1. The van der Waals surface area contributed by atoms with Gasteiger partial charge in [0.25, 0.3) is 5.56 Å². The maximum atomic E-state index is 13.9. The van der Waals surface area contributed by atoms with Crippen molar-refractivity contribution in [2.75, 3.05) is 18.4 Å². The van der Waals surface area contributed by atoms with E-state index in [2.05, 4.69) is 15.2 Å². The molecule has 1 saturated heterocycles. The fourth-order valence-corrected chi connectivity index (χ4v) is 4.28. The molecular formula is C27H31FN4O4. The summed E-state index contributed by atoms with van der Waals surface area (Å²) in [4.78, 5) is 30.7. The molecule has 3 aromatic rings. The van der Waals surface area contributed by atoms with Gasteiger partial charge >= 0.3 is 5.97 Å². The minimum Gasteiger partial charge on any atom is -0.486 e. The smallest absolute Gasteiger partial charge is 0.309 e. The lowest BCUT2D eigenvalue weighted by molar-refractivity contribution is -0.147. The Kier molecular flexibility index (Phi) is 6.86. The highest BCUT2D eigenvalue weighted by Crippen LogP contribution is 2.30. The van der Waals surface area contributed by atoms with Crippen LogP contribution >= 0.6 is 0 Å². The summed E-state index contributed by atoms with van der Waals surface area (Å²) in [6.07, 6.45) is 3.13. The summed E-state index contributed by atoms with van der Waals surface area (Å²) in [5.41, 5.74) is 3.37. The molecule has 0 aliphatic carbocycles. The normalized spacial score (nSPS) is 14.4. The van der Waals surface area contributed by atoms with Gasteiger partial charge in [0.05, 0.1) is 11.6 Å². The van der Waals surface area contributed by atoms with E-state index in [1.807, 2.05) is 46.8 Å². The van der Waals surface area contributed by atoms with E-state index in [0.717, 1.165) is 16.7 Å². The van der Waals surface area contributed by atoms with Crippen LogP contribution in [0.25, 0.3) is 5.69 Å². The second-order valence-corrected chi connectivity index (χ2v) is 10.2. The maximum absolute atomic E-state index is 13.9. The number of nitrogens with zero attached hydrogens (tertiary/aromatic N) is 3. The second kappa shape index (κ2) is 9.73. The third kappa shape index (κ3) is 5.57. The Hall–Kier alpha value is -3.72. The third-order valence-corrected chi connectivity index (χ3v) is 6.10. The van der Waals surface area contributed by atoms with Crippen molar-refractivity contribution < 1.29 is 19.0 Å². The lowest BCUT2D eigenvalue weighted by Gasteiger charge is -2.37. The van der Waals surface area contributed by atoms with Gasteiger partial charge in [-0.25, -0.2) is 9.37 Å². The predicted molar refractivity (Wildman–Crippen MR) is 136 cm³/mol. The maximum Gasteiger partial charge on any atom is 0.309 e. The van der Waals surface area contributed by atoms with Crippen molar-refractivity contribution in [2.45, 2.75) is 46.8 Å². The van der Waals surface area contributed by atoms with Gasteiger partial charge in [-0.15, -0.1) is 0 Å². The van der Waals surface area contributed by atoms with E-state index in [1.54, 1.807) is 6.20 Å². The average molecular weight is 495 g/mol. The van der Waals surface area contributed by atoms with Crippen molar-refractivity contribution in [1.82, 2.24) is 14.5 Å². The first-order valence-electron chi connectivity index (χ1n) is 11.8. The number of aliphatic carboxylic acids is 1. The largest absolute Gasteiger partial charge is 0.486 e. The predicted octanol–water partition coefficient (Wildman–Crippen LogP) is 4.43. The Morgan fingerprint density at radius 3 is 2.47 bits per heavy atom. The number of ether oxygens (including phenoxy) is 1. The topological polar surface area (TPSA) is 96.7 Å². The van der Waals surface area contributed by atoms with Crippen LogP contribution in [0.1, 0.15) is 37.5 Å². The highest BCUT2D eigenvalue weighted by atomic mass is 19.1. The SMILES string of the molecule is Cc1cc(-n2ccnc(Nc3ccc(F)cc3OC(C)(C)C)c2=O)cc(C)c1CN1CC(C(=O)O)C1. The molecule has 1 aliphatic rings. The minimum atomic E-state index is -0.755. The van der Waals surface area contributed by atoms with Crippen LogP contribution < -0.4 is 15.6 Å². The molecule has 2 aromatic carbocycles. The number of rotatable bonds is 7. The lowest BCUT2D eigenvalue weighted by Crippen LogP contribution is -2.49. The van der Waals surface area contributed by atoms with E-state index in [9.17, 15) is 14.0 Å². The van der Waals surface area contributed by atoms with Gasteiger partial charge in [0, 0.05) is 43.8 Å². The number of hydrogen-bond donors (Lipinski definition) is 2. The molecule has 4 rings (SSSR count). The lowest BCUT2D eigenvalue weighted by atomic mass is 9.96. The summed E-state index contributed by atoms with van der Waals surface area (Å²) in [6.45, 7) is 11.3. The molecule has 1 aliphatic heterocycles. The van der Waals surface area contributed by atoms with Crippen molar-refractivity contribution in [2.24, 2.45) is 5.92 Å². The van der Waals surface area contributed by atoms with Gasteiger partial charge in [-0.05, 0) is 75.6 Å².